The van der Waals surface area contributed by atoms with E-state index in [-0.39, 0.29) is 0 Å². The van der Waals surface area contributed by atoms with Gasteiger partial charge in [0.15, 0.2) is 0 Å². The highest BCUT2D eigenvalue weighted by Crippen LogP contribution is 2.27. The summed E-state index contributed by atoms with van der Waals surface area (Å²) >= 11 is 0. The molecule has 0 saturated heterocycles. The summed E-state index contributed by atoms with van der Waals surface area (Å²) in [4.78, 5) is 2.39. The van der Waals surface area contributed by atoms with Crippen molar-refractivity contribution >= 4 is 0 Å². The molecule has 0 atom stereocenters. The molecule has 3 heteroatoms. The zero-order chi connectivity index (χ0) is 12.8. The predicted molar refractivity (Wildman–Crippen MR) is 74.4 cm³/mol. The first kappa shape index (κ1) is 13.6. The van der Waals surface area contributed by atoms with Gasteiger partial charge in [-0.3, -0.25) is 4.90 Å². The Morgan fingerprint density at radius 3 is 2.94 bits per heavy atom. The van der Waals surface area contributed by atoms with Crippen LogP contribution < -0.4 is 5.32 Å². The first-order chi connectivity index (χ1) is 8.79. The van der Waals surface area contributed by atoms with Crippen molar-refractivity contribution < 1.29 is 4.42 Å². The number of hydrogen-bond acceptors (Lipinski definition) is 3. The highest BCUT2D eigenvalue weighted by atomic mass is 16.3. The minimum atomic E-state index is 0.923. The number of rotatable bonds is 8. The van der Waals surface area contributed by atoms with Crippen LogP contribution in [0.4, 0.5) is 0 Å². The van der Waals surface area contributed by atoms with Crippen LogP contribution in [0.1, 0.15) is 43.9 Å². The quantitative estimate of drug-likeness (QED) is 0.719. The van der Waals surface area contributed by atoms with Gasteiger partial charge in [-0.05, 0) is 44.8 Å². The molecule has 1 heterocycles. The van der Waals surface area contributed by atoms with Crippen LogP contribution in [0.5, 0.6) is 0 Å². The Bertz CT molecular complexity index is 344. The zero-order valence-electron chi connectivity index (χ0n) is 11.7. The van der Waals surface area contributed by atoms with Crippen molar-refractivity contribution in [3.05, 3.63) is 23.7 Å². The minimum absolute atomic E-state index is 0.923. The molecule has 0 aromatic carbocycles. The second-order valence-corrected chi connectivity index (χ2v) is 5.54. The van der Waals surface area contributed by atoms with E-state index < -0.39 is 0 Å². The Hall–Kier alpha value is -0.800. The van der Waals surface area contributed by atoms with Crippen molar-refractivity contribution in [2.45, 2.75) is 45.7 Å². The average molecular weight is 250 g/mol. The molecule has 102 valence electrons. The van der Waals surface area contributed by atoms with Gasteiger partial charge < -0.3 is 9.73 Å². The summed E-state index contributed by atoms with van der Waals surface area (Å²) in [5, 5.41) is 3.44. The standard InChI is InChI=1S/C15H26N2O/c1-3-8-16-10-14-7-9-18-15(14)12-17(2)11-13-5-4-6-13/h7,9,13,16H,3-6,8,10-12H2,1-2H3. The highest BCUT2D eigenvalue weighted by Gasteiger charge is 2.19. The Morgan fingerprint density at radius 1 is 1.44 bits per heavy atom. The van der Waals surface area contributed by atoms with E-state index in [1.165, 1.54) is 37.8 Å². The minimum Gasteiger partial charge on any atom is -0.468 e. The molecule has 0 unspecified atom stereocenters. The Kier molecular flexibility index (Phi) is 5.26. The number of furan rings is 1. The average Bonchev–Trinajstić information content (AvgIpc) is 2.72. The van der Waals surface area contributed by atoms with Gasteiger partial charge in [0, 0.05) is 18.7 Å². The molecule has 2 rings (SSSR count). The molecule has 1 aromatic rings. The molecule has 0 bridgehead atoms. The highest BCUT2D eigenvalue weighted by molar-refractivity contribution is 5.16. The number of nitrogens with zero attached hydrogens (tertiary/aromatic N) is 1. The molecule has 1 aromatic heterocycles. The van der Waals surface area contributed by atoms with E-state index in [0.717, 1.165) is 31.3 Å². The third kappa shape index (κ3) is 3.85. The molecule has 1 saturated carbocycles. The summed E-state index contributed by atoms with van der Waals surface area (Å²) in [6, 6.07) is 2.09. The van der Waals surface area contributed by atoms with E-state index >= 15 is 0 Å². The van der Waals surface area contributed by atoms with E-state index in [9.17, 15) is 0 Å². The van der Waals surface area contributed by atoms with E-state index in [1.807, 2.05) is 6.26 Å². The van der Waals surface area contributed by atoms with Gasteiger partial charge >= 0.3 is 0 Å². The smallest absolute Gasteiger partial charge is 0.122 e. The fourth-order valence-electron chi connectivity index (χ4n) is 2.49. The Morgan fingerprint density at radius 2 is 2.28 bits per heavy atom. The first-order valence-corrected chi connectivity index (χ1v) is 7.24. The topological polar surface area (TPSA) is 28.4 Å². The van der Waals surface area contributed by atoms with Crippen molar-refractivity contribution in [3.8, 4) is 0 Å². The molecule has 1 N–H and O–H groups in total. The van der Waals surface area contributed by atoms with Gasteiger partial charge in [0.05, 0.1) is 12.8 Å². The van der Waals surface area contributed by atoms with Crippen molar-refractivity contribution in [1.29, 1.82) is 0 Å². The maximum atomic E-state index is 5.62. The summed E-state index contributed by atoms with van der Waals surface area (Å²) in [5.74, 6) is 2.05. The number of hydrogen-bond donors (Lipinski definition) is 1. The van der Waals surface area contributed by atoms with E-state index in [4.69, 9.17) is 4.42 Å². The molecule has 0 aliphatic heterocycles. The van der Waals surface area contributed by atoms with Crippen LogP contribution in [0.3, 0.4) is 0 Å². The molecule has 1 aliphatic carbocycles. The molecule has 0 amide bonds. The van der Waals surface area contributed by atoms with Gasteiger partial charge in [0.2, 0.25) is 0 Å². The fraction of sp³-hybridized carbons (Fsp3) is 0.733. The van der Waals surface area contributed by atoms with Crippen LogP contribution in [0.15, 0.2) is 16.7 Å². The van der Waals surface area contributed by atoms with Crippen LogP contribution in [0.25, 0.3) is 0 Å². The molecule has 3 nitrogen and oxygen atoms in total. The molecule has 18 heavy (non-hydrogen) atoms. The normalized spacial score (nSPS) is 16.2. The van der Waals surface area contributed by atoms with Crippen molar-refractivity contribution in [1.82, 2.24) is 10.2 Å². The lowest BCUT2D eigenvalue weighted by molar-refractivity contribution is 0.190. The van der Waals surface area contributed by atoms with Gasteiger partial charge in [-0.15, -0.1) is 0 Å². The third-order valence-corrected chi connectivity index (χ3v) is 3.79. The Labute approximate surface area is 111 Å². The summed E-state index contributed by atoms with van der Waals surface area (Å²) in [6.45, 7) is 6.34. The lowest BCUT2D eigenvalue weighted by atomic mass is 9.85. The van der Waals surface area contributed by atoms with Crippen molar-refractivity contribution in [2.75, 3.05) is 20.1 Å². The molecule has 0 spiro atoms. The van der Waals surface area contributed by atoms with Gasteiger partial charge in [0.1, 0.15) is 5.76 Å². The predicted octanol–water partition coefficient (Wildman–Crippen LogP) is 3.01. The van der Waals surface area contributed by atoms with Crippen molar-refractivity contribution in [2.24, 2.45) is 5.92 Å². The molecular weight excluding hydrogens is 224 g/mol. The van der Waals surface area contributed by atoms with E-state index in [0.29, 0.717) is 0 Å². The summed E-state index contributed by atoms with van der Waals surface area (Å²) < 4.78 is 5.62. The molecular formula is C15H26N2O. The van der Waals surface area contributed by atoms with Crippen LogP contribution in [0.2, 0.25) is 0 Å². The first-order valence-electron chi connectivity index (χ1n) is 7.24. The Balaban J connectivity index is 1.78. The summed E-state index contributed by atoms with van der Waals surface area (Å²) in [5.41, 5.74) is 1.31. The van der Waals surface area contributed by atoms with Gasteiger partial charge in [-0.1, -0.05) is 13.3 Å². The molecule has 1 aliphatic rings. The molecule has 1 fully saturated rings. The van der Waals surface area contributed by atoms with Gasteiger partial charge in [-0.2, -0.15) is 0 Å². The summed E-state index contributed by atoms with van der Waals surface area (Å²) in [7, 11) is 2.20. The SMILES string of the molecule is CCCNCc1ccoc1CN(C)CC1CCC1. The maximum absolute atomic E-state index is 5.62. The fourth-order valence-corrected chi connectivity index (χ4v) is 2.49. The molecule has 0 radical (unpaired) electrons. The number of nitrogens with one attached hydrogen (secondary N) is 1. The zero-order valence-corrected chi connectivity index (χ0v) is 11.7. The van der Waals surface area contributed by atoms with Gasteiger partial charge in [0.25, 0.3) is 0 Å². The lowest BCUT2D eigenvalue weighted by Crippen LogP contribution is -2.29. The second-order valence-electron chi connectivity index (χ2n) is 5.54. The largest absolute Gasteiger partial charge is 0.468 e. The van der Waals surface area contributed by atoms with Crippen molar-refractivity contribution in [3.63, 3.8) is 0 Å². The lowest BCUT2D eigenvalue weighted by Gasteiger charge is -2.29. The second kappa shape index (κ2) is 6.95. The van der Waals surface area contributed by atoms with Crippen LogP contribution >= 0.6 is 0 Å². The van der Waals surface area contributed by atoms with E-state index in [1.54, 1.807) is 0 Å². The van der Waals surface area contributed by atoms with Crippen LogP contribution in [-0.2, 0) is 13.1 Å². The van der Waals surface area contributed by atoms with Crippen LogP contribution in [0, 0.1) is 5.92 Å². The van der Waals surface area contributed by atoms with E-state index in [2.05, 4.69) is 30.3 Å². The maximum Gasteiger partial charge on any atom is 0.122 e. The monoisotopic (exact) mass is 250 g/mol. The third-order valence-electron chi connectivity index (χ3n) is 3.79. The van der Waals surface area contributed by atoms with Gasteiger partial charge in [-0.25, -0.2) is 0 Å². The summed E-state index contributed by atoms with van der Waals surface area (Å²) in [6.07, 6.45) is 7.23. The van der Waals surface area contributed by atoms with Crippen LogP contribution in [-0.4, -0.2) is 25.0 Å².